The summed E-state index contributed by atoms with van der Waals surface area (Å²) in [7, 11) is 0.690. The van der Waals surface area contributed by atoms with Gasteiger partial charge in [0.2, 0.25) is 0 Å². The molecule has 1 aliphatic rings. The molecule has 5 nitrogen and oxygen atoms in total. The van der Waals surface area contributed by atoms with Crippen LogP contribution in [-0.4, -0.2) is 36.5 Å². The average Bonchev–Trinajstić information content (AvgIpc) is 2.77. The van der Waals surface area contributed by atoms with Crippen molar-refractivity contribution in [1.29, 1.82) is 0 Å². The molecule has 1 N–H and O–H groups in total. The van der Waals surface area contributed by atoms with Crippen LogP contribution in [0.2, 0.25) is 0 Å². The normalized spacial score (nSPS) is 20.6. The molecule has 0 atom stereocenters. The lowest BCUT2D eigenvalue weighted by atomic mass is 9.88. The molecule has 0 amide bonds. The number of thiophene rings is 1. The molecule has 0 bridgehead atoms. The van der Waals surface area contributed by atoms with Crippen molar-refractivity contribution < 1.29 is 23.9 Å². The summed E-state index contributed by atoms with van der Waals surface area (Å²) in [6, 6.07) is 1.49. The summed E-state index contributed by atoms with van der Waals surface area (Å²) in [6.45, 7) is 7.78. The second-order valence-corrected chi connectivity index (χ2v) is 6.53. The van der Waals surface area contributed by atoms with Crippen LogP contribution in [0.3, 0.4) is 0 Å². The lowest BCUT2D eigenvalue weighted by molar-refractivity contribution is 0.00578. The molecule has 0 saturated carbocycles. The molecule has 0 radical (unpaired) electrons. The first-order chi connectivity index (χ1) is 8.68. The summed E-state index contributed by atoms with van der Waals surface area (Å²) in [5.74, 6) is -0.674. The average molecular weight is 284 g/mol. The first kappa shape index (κ1) is 14.4. The summed E-state index contributed by atoms with van der Waals surface area (Å²) in [5, 5.41) is 9.75. The van der Waals surface area contributed by atoms with Crippen LogP contribution in [0.25, 0.3) is 0 Å². The zero-order valence-electron chi connectivity index (χ0n) is 11.6. The van der Waals surface area contributed by atoms with E-state index in [1.54, 1.807) is 0 Å². The monoisotopic (exact) mass is 284 g/mol. The molecule has 1 aromatic heterocycles. The number of aromatic hydroxyl groups is 1. The summed E-state index contributed by atoms with van der Waals surface area (Å²) >= 11 is 1.12. The lowest BCUT2D eigenvalue weighted by Crippen LogP contribution is -2.41. The van der Waals surface area contributed by atoms with Gasteiger partial charge in [-0.3, -0.25) is 0 Å². The molecular formula is C12H17BO5S. The van der Waals surface area contributed by atoms with Gasteiger partial charge in [-0.05, 0) is 33.8 Å². The fourth-order valence-corrected chi connectivity index (χ4v) is 2.64. The third kappa shape index (κ3) is 2.38. The van der Waals surface area contributed by atoms with Crippen molar-refractivity contribution in [2.24, 2.45) is 0 Å². The van der Waals surface area contributed by atoms with E-state index in [0.29, 0.717) is 4.78 Å². The molecule has 2 heterocycles. The van der Waals surface area contributed by atoms with Crippen LogP contribution in [0.5, 0.6) is 5.75 Å². The Morgan fingerprint density at radius 3 is 2.32 bits per heavy atom. The molecule has 1 saturated heterocycles. The van der Waals surface area contributed by atoms with Crippen molar-refractivity contribution >= 4 is 29.2 Å². The highest BCUT2D eigenvalue weighted by Gasteiger charge is 2.52. The molecule has 19 heavy (non-hydrogen) atoms. The first-order valence-corrected chi connectivity index (χ1v) is 6.76. The summed E-state index contributed by atoms with van der Waals surface area (Å²) in [4.78, 5) is 11.6. The third-order valence-corrected chi connectivity index (χ3v) is 4.71. The minimum absolute atomic E-state index is 0.110. The number of carbonyl (C=O) groups excluding carboxylic acids is 1. The van der Waals surface area contributed by atoms with Crippen LogP contribution in [0.4, 0.5) is 0 Å². The smallest absolute Gasteiger partial charge is 0.505 e. The summed E-state index contributed by atoms with van der Waals surface area (Å²) < 4.78 is 17.0. The fourth-order valence-electron chi connectivity index (χ4n) is 1.71. The fraction of sp³-hybridized carbons (Fsp3) is 0.583. The van der Waals surface area contributed by atoms with Gasteiger partial charge in [-0.15, -0.1) is 11.3 Å². The van der Waals surface area contributed by atoms with Gasteiger partial charge in [0.15, 0.2) is 4.88 Å². The Morgan fingerprint density at radius 2 is 1.84 bits per heavy atom. The molecule has 1 fully saturated rings. The molecule has 2 rings (SSSR count). The Balaban J connectivity index is 2.28. The minimum atomic E-state index is -0.584. The number of esters is 1. The van der Waals surface area contributed by atoms with E-state index in [4.69, 9.17) is 9.31 Å². The van der Waals surface area contributed by atoms with Crippen molar-refractivity contribution in [1.82, 2.24) is 0 Å². The number of hydrogen-bond donors (Lipinski definition) is 1. The number of hydrogen-bond acceptors (Lipinski definition) is 6. The Labute approximate surface area is 116 Å². The highest BCUT2D eigenvalue weighted by molar-refractivity contribution is 7.24. The zero-order valence-corrected chi connectivity index (χ0v) is 12.5. The number of carbonyl (C=O) groups is 1. The van der Waals surface area contributed by atoms with Crippen LogP contribution >= 0.6 is 11.3 Å². The van der Waals surface area contributed by atoms with Crippen molar-refractivity contribution in [2.45, 2.75) is 38.9 Å². The highest BCUT2D eigenvalue weighted by Crippen LogP contribution is 2.37. The maximum atomic E-state index is 11.5. The van der Waals surface area contributed by atoms with Crippen molar-refractivity contribution in [3.63, 3.8) is 0 Å². The van der Waals surface area contributed by atoms with Crippen LogP contribution in [0.1, 0.15) is 37.4 Å². The molecule has 7 heteroatoms. The van der Waals surface area contributed by atoms with Gasteiger partial charge in [-0.25, -0.2) is 4.79 Å². The zero-order chi connectivity index (χ0) is 14.4. The molecular weight excluding hydrogens is 267 g/mol. The maximum absolute atomic E-state index is 11.5. The van der Waals surface area contributed by atoms with Crippen molar-refractivity contribution in [3.05, 3.63) is 10.9 Å². The standard InChI is InChI=1S/C12H17BO5S/c1-11(2)12(3,4)18-13(17-11)8-6-7(14)9(19-8)10(15)16-5/h6,14H,1-5H3. The van der Waals surface area contributed by atoms with Crippen LogP contribution in [0, 0.1) is 0 Å². The predicted octanol–water partition coefficient (Wildman–Crippen LogP) is 1.54. The van der Waals surface area contributed by atoms with E-state index in [0.717, 1.165) is 11.3 Å². The molecule has 0 aliphatic carbocycles. The number of methoxy groups -OCH3 is 1. The van der Waals surface area contributed by atoms with Gasteiger partial charge in [0.25, 0.3) is 0 Å². The van der Waals surface area contributed by atoms with Crippen molar-refractivity contribution in [3.8, 4) is 5.75 Å². The third-order valence-electron chi connectivity index (χ3n) is 3.59. The summed E-state index contributed by atoms with van der Waals surface area (Å²) in [6.07, 6.45) is 0. The van der Waals surface area contributed by atoms with Gasteiger partial charge >= 0.3 is 13.1 Å². The Morgan fingerprint density at radius 1 is 1.32 bits per heavy atom. The van der Waals surface area contributed by atoms with E-state index in [-0.39, 0.29) is 10.6 Å². The Bertz CT molecular complexity index is 492. The molecule has 0 unspecified atom stereocenters. The largest absolute Gasteiger partial charge is 0.506 e. The molecule has 1 aromatic rings. The van der Waals surface area contributed by atoms with E-state index in [1.165, 1.54) is 13.2 Å². The SMILES string of the molecule is COC(=O)c1sc(B2OC(C)(C)C(C)(C)O2)cc1O. The second-order valence-electron chi connectivity index (χ2n) is 5.44. The van der Waals surface area contributed by atoms with Gasteiger partial charge in [-0.1, -0.05) is 0 Å². The van der Waals surface area contributed by atoms with Gasteiger partial charge < -0.3 is 19.2 Å². The van der Waals surface area contributed by atoms with Crippen LogP contribution < -0.4 is 4.78 Å². The topological polar surface area (TPSA) is 65.0 Å². The van der Waals surface area contributed by atoms with E-state index in [9.17, 15) is 9.90 Å². The Kier molecular flexibility index (Phi) is 3.41. The first-order valence-electron chi connectivity index (χ1n) is 5.94. The molecule has 104 valence electrons. The summed E-state index contributed by atoms with van der Waals surface area (Å²) in [5.41, 5.74) is -0.911. The van der Waals surface area contributed by atoms with Crippen molar-refractivity contribution in [2.75, 3.05) is 7.11 Å². The molecule has 0 aromatic carbocycles. The van der Waals surface area contributed by atoms with E-state index in [2.05, 4.69) is 4.74 Å². The van der Waals surface area contributed by atoms with Crippen LogP contribution in [0.15, 0.2) is 6.07 Å². The van der Waals surface area contributed by atoms with Gasteiger partial charge in [0.1, 0.15) is 5.75 Å². The molecule has 1 aliphatic heterocycles. The van der Waals surface area contributed by atoms with Gasteiger partial charge in [-0.2, -0.15) is 0 Å². The number of ether oxygens (including phenoxy) is 1. The van der Waals surface area contributed by atoms with Crippen LogP contribution in [-0.2, 0) is 14.0 Å². The maximum Gasteiger partial charge on any atom is 0.505 e. The van der Waals surface area contributed by atoms with E-state index >= 15 is 0 Å². The quantitative estimate of drug-likeness (QED) is 0.659. The van der Waals surface area contributed by atoms with Gasteiger partial charge in [0.05, 0.1) is 18.3 Å². The van der Waals surface area contributed by atoms with E-state index < -0.39 is 24.3 Å². The predicted molar refractivity (Wildman–Crippen MR) is 73.0 cm³/mol. The van der Waals surface area contributed by atoms with E-state index in [1.807, 2.05) is 27.7 Å². The number of rotatable bonds is 2. The Hall–Kier alpha value is -1.05. The highest BCUT2D eigenvalue weighted by atomic mass is 32.1. The lowest BCUT2D eigenvalue weighted by Gasteiger charge is -2.32. The second kappa shape index (κ2) is 4.50. The molecule has 0 spiro atoms. The van der Waals surface area contributed by atoms with Gasteiger partial charge in [0, 0.05) is 4.78 Å². The minimum Gasteiger partial charge on any atom is -0.506 e.